The summed E-state index contributed by atoms with van der Waals surface area (Å²) in [6.45, 7) is 0.452. The van der Waals surface area contributed by atoms with E-state index in [9.17, 15) is 13.2 Å². The molecule has 0 aliphatic carbocycles. The van der Waals surface area contributed by atoms with Gasteiger partial charge in [-0.05, 0) is 49.2 Å². The molecule has 1 fully saturated rings. The Bertz CT molecular complexity index is 854. The Balaban J connectivity index is 1.72. The predicted octanol–water partition coefficient (Wildman–Crippen LogP) is 4.02. The summed E-state index contributed by atoms with van der Waals surface area (Å²) in [5.41, 5.74) is 0.700. The first-order valence-corrected chi connectivity index (χ1v) is 10.8. The number of halogens is 1. The van der Waals surface area contributed by atoms with Crippen molar-refractivity contribution in [2.24, 2.45) is 0 Å². The van der Waals surface area contributed by atoms with Crippen molar-refractivity contribution in [3.63, 3.8) is 0 Å². The second-order valence-corrected chi connectivity index (χ2v) is 9.14. The zero-order valence-electron chi connectivity index (χ0n) is 14.3. The standard InChI is InChI=1S/C19H21BrN2O3S/c20-15-9-11-16(12-10-15)21-19(23)14-17-6-4-5-13-22(17)26(24,25)18-7-2-1-3-8-18/h1-3,7-12,17H,4-6,13-14H2,(H,21,23). The number of anilines is 1. The maximum absolute atomic E-state index is 13.0. The van der Waals surface area contributed by atoms with Crippen molar-refractivity contribution < 1.29 is 13.2 Å². The third kappa shape index (κ3) is 4.52. The molecule has 1 unspecified atom stereocenters. The number of carbonyl (C=O) groups is 1. The van der Waals surface area contributed by atoms with Gasteiger partial charge in [-0.2, -0.15) is 4.31 Å². The highest BCUT2D eigenvalue weighted by molar-refractivity contribution is 9.10. The van der Waals surface area contributed by atoms with E-state index in [2.05, 4.69) is 21.2 Å². The molecule has 1 heterocycles. The van der Waals surface area contributed by atoms with Gasteiger partial charge in [-0.25, -0.2) is 8.42 Å². The fourth-order valence-corrected chi connectivity index (χ4v) is 5.16. The largest absolute Gasteiger partial charge is 0.326 e. The average Bonchev–Trinajstić information content (AvgIpc) is 2.64. The third-order valence-electron chi connectivity index (χ3n) is 4.47. The number of sulfonamides is 1. The summed E-state index contributed by atoms with van der Waals surface area (Å²) >= 11 is 3.36. The van der Waals surface area contributed by atoms with Crippen molar-refractivity contribution in [3.8, 4) is 0 Å². The number of hydrogen-bond acceptors (Lipinski definition) is 3. The number of carbonyl (C=O) groups excluding carboxylic acids is 1. The lowest BCUT2D eigenvalue weighted by Gasteiger charge is -2.34. The molecule has 1 N–H and O–H groups in total. The molecule has 2 aromatic carbocycles. The van der Waals surface area contributed by atoms with Crippen molar-refractivity contribution in [3.05, 3.63) is 59.1 Å². The minimum atomic E-state index is -3.59. The Labute approximate surface area is 162 Å². The number of nitrogens with one attached hydrogen (secondary N) is 1. The van der Waals surface area contributed by atoms with Gasteiger partial charge in [-0.1, -0.05) is 40.5 Å². The SMILES string of the molecule is O=C(CC1CCCCN1S(=O)(=O)c1ccccc1)Nc1ccc(Br)cc1. The zero-order chi connectivity index (χ0) is 18.6. The highest BCUT2D eigenvalue weighted by atomic mass is 79.9. The molecule has 5 nitrogen and oxygen atoms in total. The monoisotopic (exact) mass is 436 g/mol. The molecular formula is C19H21BrN2O3S. The number of nitrogens with zero attached hydrogens (tertiary/aromatic N) is 1. The van der Waals surface area contributed by atoms with Crippen LogP contribution in [-0.4, -0.2) is 31.2 Å². The zero-order valence-corrected chi connectivity index (χ0v) is 16.7. The lowest BCUT2D eigenvalue weighted by molar-refractivity contribution is -0.117. The Morgan fingerprint density at radius 1 is 1.08 bits per heavy atom. The molecule has 0 aromatic heterocycles. The van der Waals surface area contributed by atoms with Gasteiger partial charge >= 0.3 is 0 Å². The molecule has 1 aliphatic heterocycles. The van der Waals surface area contributed by atoms with Gasteiger partial charge in [0.1, 0.15) is 0 Å². The highest BCUT2D eigenvalue weighted by Gasteiger charge is 2.34. The van der Waals surface area contributed by atoms with Crippen molar-refractivity contribution >= 4 is 37.5 Å². The Hall–Kier alpha value is -1.70. The molecule has 0 bridgehead atoms. The van der Waals surface area contributed by atoms with Crippen molar-refractivity contribution in [2.75, 3.05) is 11.9 Å². The van der Waals surface area contributed by atoms with E-state index in [0.29, 0.717) is 18.7 Å². The summed E-state index contributed by atoms with van der Waals surface area (Å²) in [5, 5.41) is 2.85. The van der Waals surface area contributed by atoms with Gasteiger partial charge in [0.15, 0.2) is 0 Å². The normalized spacial score (nSPS) is 18.4. The first-order chi connectivity index (χ1) is 12.5. The second kappa shape index (κ2) is 8.33. The molecule has 1 atom stereocenters. The molecular weight excluding hydrogens is 416 g/mol. The minimum absolute atomic E-state index is 0.155. The number of benzene rings is 2. The second-order valence-electron chi connectivity index (χ2n) is 6.34. The third-order valence-corrected chi connectivity index (χ3v) is 6.97. The highest BCUT2D eigenvalue weighted by Crippen LogP contribution is 2.27. The topological polar surface area (TPSA) is 66.5 Å². The van der Waals surface area contributed by atoms with Gasteiger partial charge in [0.25, 0.3) is 0 Å². The van der Waals surface area contributed by atoms with Gasteiger partial charge < -0.3 is 5.32 Å². The van der Waals surface area contributed by atoms with Crippen molar-refractivity contribution in [1.82, 2.24) is 4.31 Å². The number of rotatable bonds is 5. The summed E-state index contributed by atoms with van der Waals surface area (Å²) in [6, 6.07) is 15.4. The predicted molar refractivity (Wildman–Crippen MR) is 105 cm³/mol. The van der Waals surface area contributed by atoms with E-state index in [-0.39, 0.29) is 23.3 Å². The molecule has 2 aromatic rings. The first-order valence-electron chi connectivity index (χ1n) is 8.59. The van der Waals surface area contributed by atoms with Crippen LogP contribution in [0.25, 0.3) is 0 Å². The fraction of sp³-hybridized carbons (Fsp3) is 0.316. The molecule has 3 rings (SSSR count). The van der Waals surface area contributed by atoms with Gasteiger partial charge in [0, 0.05) is 29.2 Å². The molecule has 1 saturated heterocycles. The summed E-state index contributed by atoms with van der Waals surface area (Å²) in [6.07, 6.45) is 2.59. The van der Waals surface area contributed by atoms with E-state index in [1.165, 1.54) is 4.31 Å². The molecule has 1 aliphatic rings. The fourth-order valence-electron chi connectivity index (χ4n) is 3.18. The quantitative estimate of drug-likeness (QED) is 0.769. The molecule has 7 heteroatoms. The first kappa shape index (κ1) is 19.1. The Kier molecular flexibility index (Phi) is 6.11. The van der Waals surface area contributed by atoms with Crippen LogP contribution in [0.1, 0.15) is 25.7 Å². The van der Waals surface area contributed by atoms with Crippen LogP contribution in [0.5, 0.6) is 0 Å². The summed E-state index contributed by atoms with van der Waals surface area (Å²) in [5.74, 6) is -0.174. The van der Waals surface area contributed by atoms with Gasteiger partial charge in [-0.15, -0.1) is 0 Å². The smallest absolute Gasteiger partial charge is 0.243 e. The Morgan fingerprint density at radius 3 is 2.46 bits per heavy atom. The molecule has 1 amide bonds. The number of hydrogen-bond donors (Lipinski definition) is 1. The van der Waals surface area contributed by atoms with Crippen LogP contribution in [0.4, 0.5) is 5.69 Å². The van der Waals surface area contributed by atoms with E-state index in [1.807, 2.05) is 12.1 Å². The maximum Gasteiger partial charge on any atom is 0.243 e. The molecule has 0 saturated carbocycles. The van der Waals surface area contributed by atoms with E-state index in [0.717, 1.165) is 17.3 Å². The van der Waals surface area contributed by atoms with Crippen LogP contribution in [0.2, 0.25) is 0 Å². The maximum atomic E-state index is 13.0. The summed E-state index contributed by atoms with van der Waals surface area (Å²) < 4.78 is 28.4. The molecule has 26 heavy (non-hydrogen) atoms. The molecule has 0 spiro atoms. The van der Waals surface area contributed by atoms with Gasteiger partial charge in [-0.3, -0.25) is 4.79 Å². The molecule has 138 valence electrons. The van der Waals surface area contributed by atoms with Crippen molar-refractivity contribution in [1.29, 1.82) is 0 Å². The Morgan fingerprint density at radius 2 is 1.77 bits per heavy atom. The van der Waals surface area contributed by atoms with Crippen LogP contribution in [0.3, 0.4) is 0 Å². The lowest BCUT2D eigenvalue weighted by atomic mass is 10.0. The van der Waals surface area contributed by atoms with Gasteiger partial charge in [0.05, 0.1) is 4.90 Å². The van der Waals surface area contributed by atoms with Gasteiger partial charge in [0.2, 0.25) is 15.9 Å². The average molecular weight is 437 g/mol. The minimum Gasteiger partial charge on any atom is -0.326 e. The summed E-state index contributed by atoms with van der Waals surface area (Å²) in [4.78, 5) is 12.7. The van der Waals surface area contributed by atoms with Crippen LogP contribution in [0, 0.1) is 0 Å². The van der Waals surface area contributed by atoms with Crippen LogP contribution < -0.4 is 5.32 Å². The van der Waals surface area contributed by atoms with Crippen LogP contribution in [0.15, 0.2) is 64.0 Å². The number of amides is 1. The number of piperidine rings is 1. The summed E-state index contributed by atoms with van der Waals surface area (Å²) in [7, 11) is -3.59. The van der Waals surface area contributed by atoms with E-state index in [4.69, 9.17) is 0 Å². The van der Waals surface area contributed by atoms with Crippen molar-refractivity contribution in [2.45, 2.75) is 36.6 Å². The van der Waals surface area contributed by atoms with E-state index >= 15 is 0 Å². The lowest BCUT2D eigenvalue weighted by Crippen LogP contribution is -2.45. The molecule has 0 radical (unpaired) electrons. The van der Waals surface area contributed by atoms with Crippen LogP contribution in [-0.2, 0) is 14.8 Å². The van der Waals surface area contributed by atoms with E-state index in [1.54, 1.807) is 42.5 Å². The van der Waals surface area contributed by atoms with E-state index < -0.39 is 10.0 Å². The van der Waals surface area contributed by atoms with Crippen LogP contribution >= 0.6 is 15.9 Å².